The molecule has 11 nitrogen and oxygen atoms in total. The monoisotopic (exact) mass is 915 g/mol. The number of rotatable bonds is 47. The summed E-state index contributed by atoms with van der Waals surface area (Å²) in [6.07, 6.45) is 33.2. The van der Waals surface area contributed by atoms with Gasteiger partial charge in [-0.05, 0) is 51.7 Å². The maximum Gasteiger partial charge on any atom is 0.220 e. The molecule has 11 heteroatoms. The van der Waals surface area contributed by atoms with E-state index in [0.29, 0.717) is 12.8 Å². The van der Waals surface area contributed by atoms with Gasteiger partial charge in [0.2, 0.25) is 5.91 Å². The average molecular weight is 915 g/mol. The third kappa shape index (κ3) is 32.0. The predicted octanol–water partition coefficient (Wildman–Crippen LogP) is 10.4. The molecule has 0 aromatic rings. The van der Waals surface area contributed by atoms with E-state index in [-0.39, 0.29) is 18.9 Å². The summed E-state index contributed by atoms with van der Waals surface area (Å²) < 4.78 is 11.3. The summed E-state index contributed by atoms with van der Waals surface area (Å²) in [4.78, 5) is 15.9. The molecule has 0 aromatic carbocycles. The van der Waals surface area contributed by atoms with Crippen LogP contribution in [-0.4, -0.2) is 123 Å². The molecule has 382 valence electrons. The molecular formula is C53H106N2O9. The molecule has 1 saturated heterocycles. The maximum absolute atomic E-state index is 13.3. The van der Waals surface area contributed by atoms with Crippen LogP contribution in [0.25, 0.3) is 0 Å². The van der Waals surface area contributed by atoms with Gasteiger partial charge in [-0.1, -0.05) is 213 Å². The average Bonchev–Trinajstić information content (AvgIpc) is 3.29. The largest absolute Gasteiger partial charge is 0.394 e. The Balaban J connectivity index is 2.59. The third-order valence-corrected chi connectivity index (χ3v) is 13.6. The molecule has 64 heavy (non-hydrogen) atoms. The molecule has 0 saturated carbocycles. The zero-order chi connectivity index (χ0) is 46.9. The molecule has 1 aliphatic heterocycles. The summed E-state index contributed by atoms with van der Waals surface area (Å²) in [7, 11) is 0. The fourth-order valence-corrected chi connectivity index (χ4v) is 9.14. The molecule has 0 radical (unpaired) electrons. The second kappa shape index (κ2) is 43.4. The lowest BCUT2D eigenvalue weighted by atomic mass is 9.98. The Kier molecular flexibility index (Phi) is 41.4. The summed E-state index contributed by atoms with van der Waals surface area (Å²) in [6.45, 7) is 9.34. The summed E-state index contributed by atoms with van der Waals surface area (Å²) in [5, 5.41) is 65.8. The first kappa shape index (κ1) is 61.1. The van der Waals surface area contributed by atoms with Crippen molar-refractivity contribution in [3.05, 3.63) is 0 Å². The second-order valence-corrected chi connectivity index (χ2v) is 19.6. The highest BCUT2D eigenvalue weighted by molar-refractivity contribution is 5.76. The Labute approximate surface area is 393 Å². The van der Waals surface area contributed by atoms with E-state index in [1.54, 1.807) is 0 Å². The Morgan fingerprint density at radius 2 is 0.906 bits per heavy atom. The van der Waals surface area contributed by atoms with Gasteiger partial charge in [-0.15, -0.1) is 0 Å². The number of nitrogens with zero attached hydrogens (tertiary/aromatic N) is 1. The molecule has 1 fully saturated rings. The van der Waals surface area contributed by atoms with Crippen LogP contribution in [0, 0.1) is 0 Å². The van der Waals surface area contributed by atoms with Gasteiger partial charge in [0.05, 0.1) is 25.4 Å². The van der Waals surface area contributed by atoms with Gasteiger partial charge in [-0.25, -0.2) is 0 Å². The zero-order valence-electron chi connectivity index (χ0n) is 42.0. The maximum atomic E-state index is 13.3. The number of ether oxygens (including phenoxy) is 2. The van der Waals surface area contributed by atoms with Gasteiger partial charge in [0, 0.05) is 6.42 Å². The summed E-state index contributed by atoms with van der Waals surface area (Å²) in [5.74, 6) is -0.253. The van der Waals surface area contributed by atoms with Crippen LogP contribution in [0.4, 0.5) is 0 Å². The van der Waals surface area contributed by atoms with Gasteiger partial charge >= 0.3 is 0 Å². The molecule has 0 aliphatic carbocycles. The molecule has 0 aromatic heterocycles. The van der Waals surface area contributed by atoms with E-state index in [4.69, 9.17) is 9.47 Å². The molecule has 1 heterocycles. The van der Waals surface area contributed by atoms with Crippen LogP contribution in [0.5, 0.6) is 0 Å². The van der Waals surface area contributed by atoms with Gasteiger partial charge in [0.25, 0.3) is 0 Å². The Bertz CT molecular complexity index is 987. The van der Waals surface area contributed by atoms with Gasteiger partial charge in [-0.3, -0.25) is 4.79 Å². The molecule has 7 N–H and O–H groups in total. The van der Waals surface area contributed by atoms with Crippen molar-refractivity contribution in [2.24, 2.45) is 0 Å². The normalized spacial score (nSPS) is 20.5. The number of amides is 1. The third-order valence-electron chi connectivity index (χ3n) is 13.6. The molecule has 1 aliphatic rings. The van der Waals surface area contributed by atoms with E-state index in [0.717, 1.165) is 51.5 Å². The smallest absolute Gasteiger partial charge is 0.220 e. The minimum atomic E-state index is -1.61. The van der Waals surface area contributed by atoms with Crippen LogP contribution in [-0.2, 0) is 14.3 Å². The van der Waals surface area contributed by atoms with Crippen LogP contribution < -0.4 is 5.32 Å². The molecule has 0 spiro atoms. The van der Waals surface area contributed by atoms with E-state index in [1.807, 2.05) is 0 Å². The number of carbonyl (C=O) groups is 1. The van der Waals surface area contributed by atoms with Crippen molar-refractivity contribution in [3.8, 4) is 0 Å². The number of unbranched alkanes of at least 4 members (excludes halogenated alkanes) is 30. The minimum Gasteiger partial charge on any atom is -0.394 e. The Hall–Kier alpha value is -0.890. The van der Waals surface area contributed by atoms with Crippen molar-refractivity contribution in [1.29, 1.82) is 0 Å². The Morgan fingerprint density at radius 1 is 0.531 bits per heavy atom. The summed E-state index contributed by atoms with van der Waals surface area (Å²) >= 11 is 0. The van der Waals surface area contributed by atoms with Crippen molar-refractivity contribution in [3.63, 3.8) is 0 Å². The highest BCUT2D eigenvalue weighted by Gasteiger charge is 2.44. The second-order valence-electron chi connectivity index (χ2n) is 19.6. The lowest BCUT2D eigenvalue weighted by Crippen LogP contribution is -2.60. The lowest BCUT2D eigenvalue weighted by molar-refractivity contribution is -0.303. The van der Waals surface area contributed by atoms with Crippen LogP contribution in [0.15, 0.2) is 0 Å². The molecular weight excluding hydrogens is 809 g/mol. The van der Waals surface area contributed by atoms with E-state index in [2.05, 4.69) is 31.0 Å². The number of aliphatic hydroxyl groups is 6. The highest BCUT2D eigenvalue weighted by Crippen LogP contribution is 2.23. The topological polar surface area (TPSA) is 172 Å². The van der Waals surface area contributed by atoms with Crippen molar-refractivity contribution >= 4 is 5.91 Å². The van der Waals surface area contributed by atoms with E-state index >= 15 is 0 Å². The van der Waals surface area contributed by atoms with E-state index < -0.39 is 55.6 Å². The number of carbonyl (C=O) groups excluding carboxylic acids is 1. The molecule has 8 atom stereocenters. The first-order valence-electron chi connectivity index (χ1n) is 27.5. The quantitative estimate of drug-likeness (QED) is 0.0292. The lowest BCUT2D eigenvalue weighted by Gasteiger charge is -2.40. The predicted molar refractivity (Wildman–Crippen MR) is 263 cm³/mol. The number of hydrogen-bond acceptors (Lipinski definition) is 10. The van der Waals surface area contributed by atoms with Crippen molar-refractivity contribution in [2.75, 3.05) is 32.8 Å². The van der Waals surface area contributed by atoms with Crippen LogP contribution >= 0.6 is 0 Å². The molecule has 1 rings (SSSR count). The van der Waals surface area contributed by atoms with E-state index in [1.165, 1.54) is 180 Å². The molecule has 1 amide bonds. The van der Waals surface area contributed by atoms with Crippen molar-refractivity contribution in [2.45, 2.75) is 301 Å². The van der Waals surface area contributed by atoms with Gasteiger partial charge in [-0.2, -0.15) is 0 Å². The van der Waals surface area contributed by atoms with E-state index in [9.17, 15) is 35.4 Å². The fraction of sp³-hybridized carbons (Fsp3) is 0.981. The highest BCUT2D eigenvalue weighted by atomic mass is 16.7. The Morgan fingerprint density at radius 3 is 1.31 bits per heavy atom. The van der Waals surface area contributed by atoms with Gasteiger partial charge in [0.1, 0.15) is 30.5 Å². The van der Waals surface area contributed by atoms with Gasteiger partial charge in [0.15, 0.2) is 6.29 Å². The first-order chi connectivity index (χ1) is 31.2. The van der Waals surface area contributed by atoms with Crippen LogP contribution in [0.2, 0.25) is 0 Å². The molecule has 0 unspecified atom stereocenters. The number of nitrogens with one attached hydrogen (secondary N) is 1. The minimum absolute atomic E-state index is 0.253. The number of aliphatic hydroxyl groups excluding tert-OH is 6. The van der Waals surface area contributed by atoms with Crippen molar-refractivity contribution in [1.82, 2.24) is 10.2 Å². The van der Waals surface area contributed by atoms with Crippen molar-refractivity contribution < 1.29 is 44.9 Å². The SMILES string of the molecule is CCCCCCCCCCCCCC[C@@H](O)[C@@H](O)[C@H](CO[C@H]1O[C@H](CO)[C@H](O)[C@H](O)[C@H]1O)NC(=O)CCCCCCN(CCCCCCCCCCC)CCCCCCCCCCC. The van der Waals surface area contributed by atoms with Gasteiger partial charge < -0.3 is 50.3 Å². The van der Waals surface area contributed by atoms with Crippen LogP contribution in [0.3, 0.4) is 0 Å². The summed E-state index contributed by atoms with van der Waals surface area (Å²) in [6, 6.07) is -0.997. The fourth-order valence-electron chi connectivity index (χ4n) is 9.14. The number of hydrogen-bond donors (Lipinski definition) is 7. The standard InChI is InChI=1S/C53H106N2O9/c1-4-7-10-13-16-19-20-21-22-25-28-33-38-46(57)49(59)45(44-63-53-52(62)51(61)50(60)47(43-56)64-53)54-48(58)39-34-29-32-37-42-55(40-35-30-26-23-17-14-11-8-5-2)41-36-31-27-24-18-15-12-9-6-3/h45-47,49-53,56-57,59-62H,4-44H2,1-3H3,(H,54,58)/t45-,46+,47+,49-,50-,51-,52+,53-/m0/s1. The summed E-state index contributed by atoms with van der Waals surface area (Å²) in [5.41, 5.74) is 0. The zero-order valence-corrected chi connectivity index (χ0v) is 42.0. The van der Waals surface area contributed by atoms with Crippen LogP contribution in [0.1, 0.15) is 252 Å². The first-order valence-corrected chi connectivity index (χ1v) is 27.5. The molecule has 0 bridgehead atoms.